The molecule has 18 heavy (non-hydrogen) atoms. The van der Waals surface area contributed by atoms with Gasteiger partial charge >= 0.3 is 0 Å². The maximum atomic E-state index is 6.24. The van der Waals surface area contributed by atoms with E-state index < -0.39 is 0 Å². The Hall–Kier alpha value is -0.0800. The summed E-state index contributed by atoms with van der Waals surface area (Å²) in [7, 11) is 0. The molecule has 0 aliphatic heterocycles. The molecule has 2 heteroatoms. The Morgan fingerprint density at radius 3 is 2.28 bits per heavy atom. The zero-order valence-electron chi connectivity index (χ0n) is 13.0. The Morgan fingerprint density at radius 1 is 1.28 bits per heavy atom. The standard InChI is InChI=1S/C16H31NO/c1-14(2,3)12(17)10-18-13-9-11-7-8-16(13,6)15(11,4)5/h11-13H,7-10,17H2,1-6H3. The molecule has 0 amide bonds. The van der Waals surface area contributed by atoms with Crippen molar-refractivity contribution in [3.8, 4) is 0 Å². The predicted molar refractivity (Wildman–Crippen MR) is 76.4 cm³/mol. The molecule has 0 aromatic rings. The first-order valence-corrected chi connectivity index (χ1v) is 7.46. The van der Waals surface area contributed by atoms with E-state index in [4.69, 9.17) is 10.5 Å². The van der Waals surface area contributed by atoms with E-state index in [2.05, 4.69) is 41.5 Å². The van der Waals surface area contributed by atoms with Crippen LogP contribution >= 0.6 is 0 Å². The molecule has 0 aromatic heterocycles. The van der Waals surface area contributed by atoms with Crippen molar-refractivity contribution in [1.29, 1.82) is 0 Å². The van der Waals surface area contributed by atoms with Gasteiger partial charge in [0.15, 0.2) is 0 Å². The fourth-order valence-corrected chi connectivity index (χ4v) is 3.85. The molecule has 0 aromatic carbocycles. The Morgan fingerprint density at radius 2 is 1.89 bits per heavy atom. The third-order valence-electron chi connectivity index (χ3n) is 6.30. The molecule has 2 aliphatic carbocycles. The third-order valence-corrected chi connectivity index (χ3v) is 6.30. The van der Waals surface area contributed by atoms with Crippen molar-refractivity contribution in [2.75, 3.05) is 6.61 Å². The van der Waals surface area contributed by atoms with Crippen molar-refractivity contribution >= 4 is 0 Å². The lowest BCUT2D eigenvalue weighted by Crippen LogP contribution is -2.43. The summed E-state index contributed by atoms with van der Waals surface area (Å²) in [5.41, 5.74) is 7.14. The maximum Gasteiger partial charge on any atom is 0.0637 e. The molecule has 2 bridgehead atoms. The first-order chi connectivity index (χ1) is 8.09. The monoisotopic (exact) mass is 253 g/mol. The van der Waals surface area contributed by atoms with Gasteiger partial charge in [0.25, 0.3) is 0 Å². The molecule has 0 heterocycles. The van der Waals surface area contributed by atoms with Gasteiger partial charge in [0.1, 0.15) is 0 Å². The maximum absolute atomic E-state index is 6.24. The number of rotatable bonds is 3. The molecule has 2 aliphatic rings. The van der Waals surface area contributed by atoms with Gasteiger partial charge in [0.2, 0.25) is 0 Å². The summed E-state index contributed by atoms with van der Waals surface area (Å²) in [6, 6.07) is 0.128. The molecule has 2 nitrogen and oxygen atoms in total. The van der Waals surface area contributed by atoms with Gasteiger partial charge < -0.3 is 10.5 Å². The molecule has 0 radical (unpaired) electrons. The average molecular weight is 253 g/mol. The van der Waals surface area contributed by atoms with E-state index in [0.717, 1.165) is 5.92 Å². The topological polar surface area (TPSA) is 35.2 Å². The van der Waals surface area contributed by atoms with E-state index in [1.165, 1.54) is 19.3 Å². The smallest absolute Gasteiger partial charge is 0.0637 e. The first kappa shape index (κ1) is 14.3. The molecule has 4 atom stereocenters. The molecule has 106 valence electrons. The van der Waals surface area contributed by atoms with Crippen molar-refractivity contribution in [2.24, 2.45) is 27.9 Å². The van der Waals surface area contributed by atoms with Gasteiger partial charge in [-0.15, -0.1) is 0 Å². The number of ether oxygens (including phenoxy) is 1. The van der Waals surface area contributed by atoms with E-state index in [9.17, 15) is 0 Å². The van der Waals surface area contributed by atoms with Crippen LogP contribution in [0.25, 0.3) is 0 Å². The second kappa shape index (κ2) is 4.21. The summed E-state index contributed by atoms with van der Waals surface area (Å²) in [5.74, 6) is 0.846. The largest absolute Gasteiger partial charge is 0.376 e. The molecule has 2 saturated carbocycles. The highest BCUT2D eigenvalue weighted by Crippen LogP contribution is 2.66. The molecule has 2 fully saturated rings. The fourth-order valence-electron chi connectivity index (χ4n) is 3.85. The molecule has 0 saturated heterocycles. The van der Waals surface area contributed by atoms with E-state index in [1.807, 2.05) is 0 Å². The molecule has 0 spiro atoms. The quantitative estimate of drug-likeness (QED) is 0.834. The molecule has 2 rings (SSSR count). The number of nitrogens with two attached hydrogens (primary N) is 1. The van der Waals surface area contributed by atoms with E-state index in [0.29, 0.717) is 23.5 Å². The minimum atomic E-state index is 0.128. The summed E-state index contributed by atoms with van der Waals surface area (Å²) in [6.45, 7) is 14.5. The van der Waals surface area contributed by atoms with Gasteiger partial charge in [0.05, 0.1) is 12.7 Å². The van der Waals surface area contributed by atoms with Crippen LogP contribution < -0.4 is 5.73 Å². The van der Waals surface area contributed by atoms with Crippen LogP contribution in [0.1, 0.15) is 60.8 Å². The highest BCUT2D eigenvalue weighted by atomic mass is 16.5. The summed E-state index contributed by atoms with van der Waals surface area (Å²) >= 11 is 0. The summed E-state index contributed by atoms with van der Waals surface area (Å²) in [4.78, 5) is 0. The predicted octanol–water partition coefficient (Wildman–Crippen LogP) is 3.59. The number of hydrogen-bond acceptors (Lipinski definition) is 2. The Balaban J connectivity index is 1.97. The molecule has 4 unspecified atom stereocenters. The van der Waals surface area contributed by atoms with Crippen molar-refractivity contribution in [1.82, 2.24) is 0 Å². The van der Waals surface area contributed by atoms with Crippen LogP contribution in [0.2, 0.25) is 0 Å². The normalized spacial score (nSPS) is 40.2. The summed E-state index contributed by atoms with van der Waals surface area (Å²) < 4.78 is 6.24. The van der Waals surface area contributed by atoms with Gasteiger partial charge in [-0.05, 0) is 41.4 Å². The van der Waals surface area contributed by atoms with E-state index in [1.54, 1.807) is 0 Å². The number of fused-ring (bicyclic) bond motifs is 2. The van der Waals surface area contributed by atoms with Crippen LogP contribution in [0.15, 0.2) is 0 Å². The lowest BCUT2D eigenvalue weighted by atomic mass is 9.70. The lowest BCUT2D eigenvalue weighted by Gasteiger charge is -2.40. The minimum absolute atomic E-state index is 0.128. The van der Waals surface area contributed by atoms with E-state index in [-0.39, 0.29) is 11.5 Å². The second-order valence-corrected chi connectivity index (χ2v) is 8.40. The summed E-state index contributed by atoms with van der Waals surface area (Å²) in [6.07, 6.45) is 4.36. The van der Waals surface area contributed by atoms with Crippen LogP contribution in [-0.4, -0.2) is 18.8 Å². The second-order valence-electron chi connectivity index (χ2n) is 8.40. The molecular formula is C16H31NO. The van der Waals surface area contributed by atoms with E-state index >= 15 is 0 Å². The Kier molecular flexibility index (Phi) is 3.35. The highest BCUT2D eigenvalue weighted by Gasteiger charge is 2.61. The highest BCUT2D eigenvalue weighted by molar-refractivity contribution is 5.11. The zero-order chi connectivity index (χ0) is 13.8. The van der Waals surface area contributed by atoms with Crippen molar-refractivity contribution in [2.45, 2.75) is 73.0 Å². The fraction of sp³-hybridized carbons (Fsp3) is 1.00. The van der Waals surface area contributed by atoms with Gasteiger partial charge in [-0.3, -0.25) is 0 Å². The molecular weight excluding hydrogens is 222 g/mol. The average Bonchev–Trinajstić information content (AvgIpc) is 2.56. The van der Waals surface area contributed by atoms with Crippen LogP contribution in [0.4, 0.5) is 0 Å². The van der Waals surface area contributed by atoms with Gasteiger partial charge in [-0.25, -0.2) is 0 Å². The molecule has 2 N–H and O–H groups in total. The van der Waals surface area contributed by atoms with Crippen LogP contribution in [0, 0.1) is 22.2 Å². The zero-order valence-corrected chi connectivity index (χ0v) is 13.0. The third kappa shape index (κ3) is 2.02. The van der Waals surface area contributed by atoms with Crippen LogP contribution in [0.5, 0.6) is 0 Å². The first-order valence-electron chi connectivity index (χ1n) is 7.46. The van der Waals surface area contributed by atoms with Crippen LogP contribution in [-0.2, 0) is 4.74 Å². The Labute approximate surface area is 113 Å². The number of hydrogen-bond donors (Lipinski definition) is 1. The summed E-state index contributed by atoms with van der Waals surface area (Å²) in [5, 5.41) is 0. The van der Waals surface area contributed by atoms with Gasteiger partial charge in [-0.1, -0.05) is 41.5 Å². The van der Waals surface area contributed by atoms with Crippen molar-refractivity contribution < 1.29 is 4.74 Å². The SMILES string of the molecule is CC(C)(C)C(N)COC1CC2CCC1(C)C2(C)C. The van der Waals surface area contributed by atoms with Crippen molar-refractivity contribution in [3.63, 3.8) is 0 Å². The van der Waals surface area contributed by atoms with Crippen molar-refractivity contribution in [3.05, 3.63) is 0 Å². The minimum Gasteiger partial charge on any atom is -0.376 e. The van der Waals surface area contributed by atoms with Gasteiger partial charge in [0, 0.05) is 6.04 Å². The lowest BCUT2D eigenvalue weighted by molar-refractivity contribution is -0.0582. The Bertz CT molecular complexity index is 318. The van der Waals surface area contributed by atoms with Gasteiger partial charge in [-0.2, -0.15) is 0 Å². The van der Waals surface area contributed by atoms with Crippen LogP contribution in [0.3, 0.4) is 0 Å².